The number of nitrogens with two attached hydrogens (primary N) is 1. The molecule has 0 spiro atoms. The van der Waals surface area contributed by atoms with E-state index in [9.17, 15) is 18.7 Å². The quantitative estimate of drug-likeness (QED) is 0.458. The first-order valence-corrected chi connectivity index (χ1v) is 12.8. The number of likely N-dealkylation sites (tertiary alicyclic amines) is 1. The van der Waals surface area contributed by atoms with Gasteiger partial charge in [-0.05, 0) is 54.7 Å². The Balaban J connectivity index is 1.41. The Morgan fingerprint density at radius 2 is 1.89 bits per heavy atom. The molecule has 1 unspecified atom stereocenters. The molecule has 2 aliphatic rings. The predicted molar refractivity (Wildman–Crippen MR) is 143 cm³/mol. The molecule has 1 aliphatic carbocycles. The normalized spacial score (nSPS) is 22.9. The summed E-state index contributed by atoms with van der Waals surface area (Å²) in [5.41, 5.74) is 10.1. The van der Waals surface area contributed by atoms with Crippen molar-refractivity contribution in [3.63, 3.8) is 0 Å². The van der Waals surface area contributed by atoms with Crippen LogP contribution in [-0.4, -0.2) is 57.4 Å². The number of halogens is 2. The lowest BCUT2D eigenvalue weighted by Gasteiger charge is -2.38. The topological polar surface area (TPSA) is 84.4 Å². The Morgan fingerprint density at radius 3 is 2.50 bits per heavy atom. The van der Waals surface area contributed by atoms with Crippen LogP contribution in [0.15, 0.2) is 78.9 Å². The van der Waals surface area contributed by atoms with E-state index in [2.05, 4.69) is 35.5 Å². The van der Waals surface area contributed by atoms with Gasteiger partial charge in [0, 0.05) is 30.1 Å². The molecule has 1 fully saturated rings. The number of aliphatic hydroxyl groups excluding tert-OH is 1. The van der Waals surface area contributed by atoms with E-state index in [-0.39, 0.29) is 25.3 Å². The summed E-state index contributed by atoms with van der Waals surface area (Å²) in [6.45, 7) is 1.65. The first-order chi connectivity index (χ1) is 18.2. The molecule has 6 nitrogen and oxygen atoms in total. The highest BCUT2D eigenvalue weighted by Gasteiger charge is 2.47. The Morgan fingerprint density at radius 1 is 1.16 bits per heavy atom. The standard InChI is InChI=1S/C30H32F2N4O2/c1-21-15-27(28(33)38)34-36(21)25-9-7-22(8-10-25)16-29(19-35-20-30(31,32)17-26(35)18-37)13-11-24(12-14-29)23-5-3-2-4-6-23/h2-13,15,26,37H,14,16-20H2,1H3,(H2,33,38)/t26?,29-/m0/s1. The average Bonchev–Trinajstić information content (AvgIpc) is 3.43. The molecule has 1 saturated heterocycles. The SMILES string of the molecule is Cc1cc(C(N)=O)nn1-c1ccc(C[C@]2(CN3CC(F)(F)CC3CO)C=CC(c3ccccc3)=CC2)cc1. The van der Waals surface area contributed by atoms with Crippen LogP contribution in [0, 0.1) is 12.3 Å². The van der Waals surface area contributed by atoms with Crippen LogP contribution in [0.25, 0.3) is 11.3 Å². The van der Waals surface area contributed by atoms with Crippen molar-refractivity contribution in [2.45, 2.75) is 38.2 Å². The third-order valence-corrected chi connectivity index (χ3v) is 7.54. The molecule has 3 aromatic rings. The molecule has 2 aromatic carbocycles. The zero-order valence-corrected chi connectivity index (χ0v) is 21.4. The summed E-state index contributed by atoms with van der Waals surface area (Å²) in [5.74, 6) is -3.38. The van der Waals surface area contributed by atoms with Gasteiger partial charge >= 0.3 is 0 Å². The number of carbonyl (C=O) groups is 1. The fourth-order valence-electron chi connectivity index (χ4n) is 5.62. The number of rotatable bonds is 8. The summed E-state index contributed by atoms with van der Waals surface area (Å²) in [5, 5.41) is 14.1. The lowest BCUT2D eigenvalue weighted by molar-refractivity contribution is 0.00919. The Hall–Kier alpha value is -3.62. The van der Waals surface area contributed by atoms with Crippen molar-refractivity contribution in [2.24, 2.45) is 11.1 Å². The number of benzene rings is 2. The third kappa shape index (κ3) is 5.47. The number of aromatic nitrogens is 2. The van der Waals surface area contributed by atoms with Crippen molar-refractivity contribution < 1.29 is 18.7 Å². The molecule has 2 atom stereocenters. The smallest absolute Gasteiger partial charge is 0.269 e. The second-order valence-corrected chi connectivity index (χ2v) is 10.5. The summed E-state index contributed by atoms with van der Waals surface area (Å²) < 4.78 is 30.3. The van der Waals surface area contributed by atoms with Gasteiger partial charge in [-0.3, -0.25) is 9.69 Å². The summed E-state index contributed by atoms with van der Waals surface area (Å²) >= 11 is 0. The van der Waals surface area contributed by atoms with Crippen LogP contribution in [0.5, 0.6) is 0 Å². The van der Waals surface area contributed by atoms with Gasteiger partial charge in [0.2, 0.25) is 0 Å². The monoisotopic (exact) mass is 518 g/mol. The number of nitrogens with zero attached hydrogens (tertiary/aromatic N) is 3. The van der Waals surface area contributed by atoms with Crippen molar-refractivity contribution >= 4 is 11.5 Å². The highest BCUT2D eigenvalue weighted by atomic mass is 19.3. The van der Waals surface area contributed by atoms with Gasteiger partial charge in [0.15, 0.2) is 5.69 Å². The van der Waals surface area contributed by atoms with Crippen molar-refractivity contribution in [3.8, 4) is 5.69 Å². The molecule has 1 aliphatic heterocycles. The second-order valence-electron chi connectivity index (χ2n) is 10.5. The molecule has 38 heavy (non-hydrogen) atoms. The lowest BCUT2D eigenvalue weighted by Crippen LogP contribution is -2.43. The number of aryl methyl sites for hydroxylation is 1. The number of hydrogen-bond acceptors (Lipinski definition) is 4. The van der Waals surface area contributed by atoms with Crippen LogP contribution in [0.3, 0.4) is 0 Å². The molecule has 1 amide bonds. The van der Waals surface area contributed by atoms with Crippen LogP contribution >= 0.6 is 0 Å². The molecule has 8 heteroatoms. The van der Waals surface area contributed by atoms with E-state index in [0.29, 0.717) is 19.4 Å². The highest BCUT2D eigenvalue weighted by molar-refractivity contribution is 5.90. The first-order valence-electron chi connectivity index (χ1n) is 12.8. The molecule has 2 heterocycles. The van der Waals surface area contributed by atoms with Gasteiger partial charge in [0.25, 0.3) is 11.8 Å². The Kier molecular flexibility index (Phi) is 7.03. The van der Waals surface area contributed by atoms with Crippen LogP contribution in [0.4, 0.5) is 8.78 Å². The van der Waals surface area contributed by atoms with Crippen LogP contribution in [-0.2, 0) is 6.42 Å². The second kappa shape index (κ2) is 10.3. The number of allylic oxidation sites excluding steroid dienone is 3. The van der Waals surface area contributed by atoms with Crippen LogP contribution < -0.4 is 5.73 Å². The van der Waals surface area contributed by atoms with E-state index in [1.165, 1.54) is 0 Å². The minimum Gasteiger partial charge on any atom is -0.395 e. The van der Waals surface area contributed by atoms with Gasteiger partial charge in [0.1, 0.15) is 0 Å². The number of primary amides is 1. The van der Waals surface area contributed by atoms with E-state index in [1.807, 2.05) is 49.4 Å². The van der Waals surface area contributed by atoms with E-state index < -0.39 is 23.3 Å². The maximum atomic E-state index is 14.3. The molecule has 0 radical (unpaired) electrons. The summed E-state index contributed by atoms with van der Waals surface area (Å²) in [4.78, 5) is 13.3. The number of alkyl halides is 2. The number of hydrogen-bond donors (Lipinski definition) is 2. The van der Waals surface area contributed by atoms with Crippen LogP contribution in [0.1, 0.15) is 40.2 Å². The van der Waals surface area contributed by atoms with Gasteiger partial charge in [-0.2, -0.15) is 5.10 Å². The number of aliphatic hydroxyl groups is 1. The maximum Gasteiger partial charge on any atom is 0.269 e. The minimum atomic E-state index is -2.80. The van der Waals surface area contributed by atoms with Crippen molar-refractivity contribution in [3.05, 3.63) is 101 Å². The minimum absolute atomic E-state index is 0.208. The molecule has 198 valence electrons. The molecule has 0 saturated carbocycles. The Bertz CT molecular complexity index is 1360. The summed E-state index contributed by atoms with van der Waals surface area (Å²) in [6.07, 6.45) is 7.45. The summed E-state index contributed by atoms with van der Waals surface area (Å²) in [6, 6.07) is 19.1. The highest BCUT2D eigenvalue weighted by Crippen LogP contribution is 2.41. The predicted octanol–water partition coefficient (Wildman–Crippen LogP) is 4.55. The molecule has 5 rings (SSSR count). The van der Waals surface area contributed by atoms with Crippen molar-refractivity contribution in [1.29, 1.82) is 0 Å². The number of amides is 1. The Labute approximate surface area is 221 Å². The van der Waals surface area contributed by atoms with E-state index >= 15 is 0 Å². The molecule has 0 bridgehead atoms. The molecular formula is C30H32F2N4O2. The maximum absolute atomic E-state index is 14.3. The fourth-order valence-corrected chi connectivity index (χ4v) is 5.62. The summed E-state index contributed by atoms with van der Waals surface area (Å²) in [7, 11) is 0. The third-order valence-electron chi connectivity index (χ3n) is 7.54. The van der Waals surface area contributed by atoms with Gasteiger partial charge in [-0.25, -0.2) is 13.5 Å². The zero-order valence-electron chi connectivity index (χ0n) is 21.4. The van der Waals surface area contributed by atoms with E-state index in [0.717, 1.165) is 28.1 Å². The van der Waals surface area contributed by atoms with Crippen LogP contribution in [0.2, 0.25) is 0 Å². The lowest BCUT2D eigenvalue weighted by atomic mass is 9.74. The molecule has 1 aromatic heterocycles. The average molecular weight is 519 g/mol. The fraction of sp³-hybridized carbons (Fsp3) is 0.333. The molecule has 3 N–H and O–H groups in total. The van der Waals surface area contributed by atoms with Gasteiger partial charge < -0.3 is 10.8 Å². The van der Waals surface area contributed by atoms with Crippen molar-refractivity contribution in [2.75, 3.05) is 19.7 Å². The van der Waals surface area contributed by atoms with Gasteiger partial charge in [-0.15, -0.1) is 0 Å². The first kappa shape index (κ1) is 26.0. The van der Waals surface area contributed by atoms with E-state index in [1.54, 1.807) is 15.6 Å². The van der Waals surface area contributed by atoms with Crippen molar-refractivity contribution in [1.82, 2.24) is 14.7 Å². The number of carbonyl (C=O) groups excluding carboxylic acids is 1. The van der Waals surface area contributed by atoms with Gasteiger partial charge in [0.05, 0.1) is 18.8 Å². The zero-order chi connectivity index (χ0) is 26.9. The van der Waals surface area contributed by atoms with Gasteiger partial charge in [-0.1, -0.05) is 60.7 Å². The van der Waals surface area contributed by atoms with E-state index in [4.69, 9.17) is 5.73 Å². The molecular weight excluding hydrogens is 486 g/mol. The largest absolute Gasteiger partial charge is 0.395 e.